The minimum Gasteiger partial charge on any atom is -0.494 e. The summed E-state index contributed by atoms with van der Waals surface area (Å²) in [6, 6.07) is 18.5. The summed E-state index contributed by atoms with van der Waals surface area (Å²) in [7, 11) is 0. The van der Waals surface area contributed by atoms with Crippen molar-refractivity contribution < 1.29 is 13.9 Å². The van der Waals surface area contributed by atoms with E-state index in [0.717, 1.165) is 24.2 Å². The molecule has 34 heavy (non-hydrogen) atoms. The van der Waals surface area contributed by atoms with Gasteiger partial charge in [-0.25, -0.2) is 0 Å². The van der Waals surface area contributed by atoms with Gasteiger partial charge in [0.1, 0.15) is 11.3 Å². The van der Waals surface area contributed by atoms with E-state index >= 15 is 0 Å². The average Bonchev–Trinajstić information content (AvgIpc) is 3.13. The summed E-state index contributed by atoms with van der Waals surface area (Å²) in [6.45, 7) is 2.74. The lowest BCUT2D eigenvalue weighted by molar-refractivity contribution is 0.0971. The number of hydrogen-bond acceptors (Lipinski definition) is 4. The number of benzene rings is 3. The van der Waals surface area contributed by atoms with E-state index < -0.39 is 11.9 Å². The largest absolute Gasteiger partial charge is 0.494 e. The summed E-state index contributed by atoms with van der Waals surface area (Å²) in [5, 5.41) is 1.23. The minimum absolute atomic E-state index is 0.0214. The van der Waals surface area contributed by atoms with Gasteiger partial charge in [0.2, 0.25) is 5.76 Å². The van der Waals surface area contributed by atoms with Crippen molar-refractivity contribution in [1.29, 1.82) is 0 Å². The van der Waals surface area contributed by atoms with Crippen LogP contribution in [0.15, 0.2) is 75.9 Å². The maximum absolute atomic E-state index is 13.6. The van der Waals surface area contributed by atoms with Gasteiger partial charge in [-0.15, -0.1) is 0 Å². The number of amides is 1. The molecule has 0 bridgehead atoms. The first kappa shape index (κ1) is 22.5. The van der Waals surface area contributed by atoms with E-state index in [0.29, 0.717) is 33.3 Å². The molecule has 172 valence electrons. The number of rotatable bonds is 6. The first-order valence-corrected chi connectivity index (χ1v) is 11.8. The van der Waals surface area contributed by atoms with Crippen LogP contribution in [0.1, 0.15) is 47.5 Å². The van der Waals surface area contributed by atoms with Gasteiger partial charge in [0.25, 0.3) is 5.91 Å². The Labute approximate surface area is 206 Å². The molecule has 7 heteroatoms. The molecule has 1 unspecified atom stereocenters. The molecule has 0 saturated carbocycles. The van der Waals surface area contributed by atoms with Crippen molar-refractivity contribution in [3.63, 3.8) is 0 Å². The number of fused-ring (bicyclic) bond motifs is 2. The summed E-state index contributed by atoms with van der Waals surface area (Å²) < 4.78 is 11.8. The lowest BCUT2D eigenvalue weighted by atomic mass is 9.98. The van der Waals surface area contributed by atoms with Crippen LogP contribution in [0.2, 0.25) is 10.0 Å². The van der Waals surface area contributed by atoms with E-state index in [2.05, 4.69) is 6.92 Å². The van der Waals surface area contributed by atoms with Gasteiger partial charge in [0.05, 0.1) is 23.6 Å². The summed E-state index contributed by atoms with van der Waals surface area (Å²) >= 11 is 12.4. The van der Waals surface area contributed by atoms with E-state index in [1.807, 2.05) is 24.3 Å². The number of nitrogens with zero attached hydrogens (tertiary/aromatic N) is 1. The highest BCUT2D eigenvalue weighted by Crippen LogP contribution is 2.42. The number of carbonyl (C=O) groups excluding carboxylic acids is 1. The van der Waals surface area contributed by atoms with Crippen LogP contribution in [0.3, 0.4) is 0 Å². The van der Waals surface area contributed by atoms with Crippen LogP contribution in [0.25, 0.3) is 11.0 Å². The molecule has 0 N–H and O–H groups in total. The zero-order valence-electron chi connectivity index (χ0n) is 18.4. The third-order valence-corrected chi connectivity index (χ3v) is 6.35. The van der Waals surface area contributed by atoms with E-state index in [-0.39, 0.29) is 16.8 Å². The monoisotopic (exact) mass is 493 g/mol. The number of hydrogen-bond donors (Lipinski definition) is 0. The molecule has 0 spiro atoms. The normalized spacial score (nSPS) is 15.1. The van der Waals surface area contributed by atoms with Crippen molar-refractivity contribution in [2.24, 2.45) is 0 Å². The molecule has 5 nitrogen and oxygen atoms in total. The lowest BCUT2D eigenvalue weighted by Gasteiger charge is -2.25. The predicted molar refractivity (Wildman–Crippen MR) is 134 cm³/mol. The second-order valence-corrected chi connectivity index (χ2v) is 9.02. The van der Waals surface area contributed by atoms with Crippen molar-refractivity contribution in [2.75, 3.05) is 11.5 Å². The van der Waals surface area contributed by atoms with Crippen molar-refractivity contribution in [3.8, 4) is 5.75 Å². The highest BCUT2D eigenvalue weighted by Gasteiger charge is 2.43. The topological polar surface area (TPSA) is 59.8 Å². The van der Waals surface area contributed by atoms with Crippen LogP contribution in [-0.4, -0.2) is 12.5 Å². The first-order valence-electron chi connectivity index (χ1n) is 11.1. The molecular weight excluding hydrogens is 473 g/mol. The lowest BCUT2D eigenvalue weighted by Crippen LogP contribution is -2.29. The Kier molecular flexibility index (Phi) is 6.07. The first-order chi connectivity index (χ1) is 16.5. The predicted octanol–water partition coefficient (Wildman–Crippen LogP) is 7.03. The highest BCUT2D eigenvalue weighted by atomic mass is 35.5. The van der Waals surface area contributed by atoms with Gasteiger partial charge < -0.3 is 9.15 Å². The molecule has 5 rings (SSSR count). The van der Waals surface area contributed by atoms with Crippen molar-refractivity contribution in [3.05, 3.63) is 104 Å². The van der Waals surface area contributed by atoms with Crippen LogP contribution >= 0.6 is 23.2 Å². The molecule has 2 heterocycles. The van der Waals surface area contributed by atoms with Gasteiger partial charge in [-0.2, -0.15) is 0 Å². The fraction of sp³-hybridized carbons (Fsp3) is 0.185. The van der Waals surface area contributed by atoms with Gasteiger partial charge in [0.15, 0.2) is 5.43 Å². The Bertz CT molecular complexity index is 1450. The van der Waals surface area contributed by atoms with Crippen LogP contribution in [0.5, 0.6) is 5.75 Å². The van der Waals surface area contributed by atoms with Gasteiger partial charge in [0, 0.05) is 15.7 Å². The smallest absolute Gasteiger partial charge is 0.295 e. The number of carbonyl (C=O) groups is 1. The third-order valence-electron chi connectivity index (χ3n) is 5.88. The van der Waals surface area contributed by atoms with Gasteiger partial charge in [-0.1, -0.05) is 54.7 Å². The number of ether oxygens (including phenoxy) is 1. The summed E-state index contributed by atoms with van der Waals surface area (Å²) in [6.07, 6.45) is 2.01. The average molecular weight is 494 g/mol. The molecule has 0 fully saturated rings. The molecule has 4 aromatic rings. The number of halogens is 2. The number of anilines is 1. The highest BCUT2D eigenvalue weighted by molar-refractivity contribution is 6.31. The Morgan fingerprint density at radius 2 is 1.74 bits per heavy atom. The summed E-state index contributed by atoms with van der Waals surface area (Å²) in [5.74, 6) is 0.348. The maximum Gasteiger partial charge on any atom is 0.295 e. The van der Waals surface area contributed by atoms with Crippen molar-refractivity contribution in [2.45, 2.75) is 25.8 Å². The van der Waals surface area contributed by atoms with E-state index in [9.17, 15) is 9.59 Å². The SMILES string of the molecule is CCCCOc1ccc(C2c3c(oc4ccc(Cl)cc4c3=O)C(=O)N2c2cccc(Cl)c2)cc1. The molecular formula is C27H21Cl2NO4. The molecule has 1 amide bonds. The maximum atomic E-state index is 13.6. The van der Waals surface area contributed by atoms with Gasteiger partial charge >= 0.3 is 0 Å². The molecule has 3 aromatic carbocycles. The quantitative estimate of drug-likeness (QED) is 0.270. The second kappa shape index (κ2) is 9.16. The van der Waals surface area contributed by atoms with Gasteiger partial charge in [-0.3, -0.25) is 14.5 Å². The Morgan fingerprint density at radius 1 is 0.971 bits per heavy atom. The second-order valence-electron chi connectivity index (χ2n) is 8.14. The Morgan fingerprint density at radius 3 is 2.47 bits per heavy atom. The van der Waals surface area contributed by atoms with Crippen LogP contribution < -0.4 is 15.1 Å². The zero-order chi connectivity index (χ0) is 23.8. The fourth-order valence-corrected chi connectivity index (χ4v) is 4.59. The molecule has 1 atom stereocenters. The molecule has 1 aliphatic rings. The van der Waals surface area contributed by atoms with Crippen molar-refractivity contribution >= 4 is 45.8 Å². The zero-order valence-corrected chi connectivity index (χ0v) is 19.9. The third kappa shape index (κ3) is 3.95. The van der Waals surface area contributed by atoms with Crippen LogP contribution in [-0.2, 0) is 0 Å². The fourth-order valence-electron chi connectivity index (χ4n) is 4.23. The molecule has 0 saturated heterocycles. The summed E-state index contributed by atoms with van der Waals surface area (Å²) in [5.41, 5.74) is 1.62. The molecule has 0 aliphatic carbocycles. The Hall–Kier alpha value is -3.28. The standard InChI is InChI=1S/C27H21Cl2NO4/c1-2-3-13-33-20-10-7-16(8-11-20)24-23-25(31)21-15-18(29)9-12-22(21)34-26(23)27(32)30(24)19-6-4-5-17(28)14-19/h4-12,14-15,24H,2-3,13H2,1H3. The molecule has 0 radical (unpaired) electrons. The number of unbranched alkanes of at least 4 members (excludes halogenated alkanes) is 1. The Balaban J connectivity index is 1.68. The minimum atomic E-state index is -0.690. The van der Waals surface area contributed by atoms with Crippen molar-refractivity contribution in [1.82, 2.24) is 0 Å². The molecule has 1 aromatic heterocycles. The molecule has 1 aliphatic heterocycles. The van der Waals surface area contributed by atoms with Crippen LogP contribution in [0.4, 0.5) is 5.69 Å². The van der Waals surface area contributed by atoms with Crippen LogP contribution in [0, 0.1) is 0 Å². The van der Waals surface area contributed by atoms with E-state index in [1.54, 1.807) is 47.4 Å². The van der Waals surface area contributed by atoms with Gasteiger partial charge in [-0.05, 0) is 60.5 Å². The van der Waals surface area contributed by atoms with E-state index in [4.69, 9.17) is 32.4 Å². The van der Waals surface area contributed by atoms with E-state index in [1.165, 1.54) is 0 Å². The summed E-state index contributed by atoms with van der Waals surface area (Å²) in [4.78, 5) is 28.8.